The monoisotopic (exact) mass is 354 g/mol. The molecule has 1 heterocycles. The van der Waals surface area contributed by atoms with Gasteiger partial charge in [-0.2, -0.15) is 0 Å². The Bertz CT molecular complexity index is 956. The van der Waals surface area contributed by atoms with E-state index >= 15 is 0 Å². The average Bonchev–Trinajstić information content (AvgIpc) is 2.87. The maximum absolute atomic E-state index is 11.6. The molecule has 0 aliphatic rings. The number of fused-ring (bicyclic) bond motifs is 1. The zero-order chi connectivity index (χ0) is 18.0. The summed E-state index contributed by atoms with van der Waals surface area (Å²) in [6.07, 6.45) is 0. The number of aromatic nitrogens is 2. The lowest BCUT2D eigenvalue weighted by Gasteiger charge is -2.18. The molecule has 3 rings (SSSR count). The highest BCUT2D eigenvalue weighted by Crippen LogP contribution is 2.17. The van der Waals surface area contributed by atoms with Crippen LogP contribution in [0.1, 0.15) is 15.9 Å². The minimum absolute atomic E-state index is 0.0676. The molecule has 0 fully saturated rings. The Morgan fingerprint density at radius 2 is 1.76 bits per heavy atom. The molecule has 0 aliphatic carbocycles. The second kappa shape index (κ2) is 7.21. The van der Waals surface area contributed by atoms with Gasteiger partial charge >= 0.3 is 0 Å². The molecule has 0 radical (unpaired) electrons. The third-order valence-corrected chi connectivity index (χ3v) is 4.82. The molecule has 0 unspecified atom stereocenters. The fourth-order valence-corrected chi connectivity index (χ4v) is 3.26. The van der Waals surface area contributed by atoms with Gasteiger partial charge in [0, 0.05) is 26.2 Å². The number of carbonyl (C=O) groups is 1. The number of amides is 1. The number of hydrogen-bond acceptors (Lipinski definition) is 3. The number of hydrogen-bond donors (Lipinski definition) is 1. The van der Waals surface area contributed by atoms with E-state index in [4.69, 9.17) is 12.2 Å². The summed E-state index contributed by atoms with van der Waals surface area (Å²) in [7, 11) is 5.70. The summed E-state index contributed by atoms with van der Waals surface area (Å²) >= 11 is 5.59. The quantitative estimate of drug-likeness (QED) is 0.716. The predicted molar refractivity (Wildman–Crippen MR) is 103 cm³/mol. The normalized spacial score (nSPS) is 11.2. The van der Waals surface area contributed by atoms with Gasteiger partial charge in [0.05, 0.1) is 17.7 Å². The van der Waals surface area contributed by atoms with Gasteiger partial charge in [-0.25, -0.2) is 0 Å². The largest absolute Gasteiger partial charge is 0.355 e. The van der Waals surface area contributed by atoms with Crippen molar-refractivity contribution in [3.8, 4) is 0 Å². The van der Waals surface area contributed by atoms with Crippen LogP contribution in [-0.4, -0.2) is 34.0 Å². The van der Waals surface area contributed by atoms with Crippen molar-refractivity contribution in [1.82, 2.24) is 19.4 Å². The Balaban J connectivity index is 1.77. The Labute approximate surface area is 152 Å². The number of imidazole rings is 1. The van der Waals surface area contributed by atoms with Crippen LogP contribution in [0.4, 0.5) is 0 Å². The topological polar surface area (TPSA) is 42.2 Å². The maximum Gasteiger partial charge on any atom is 0.251 e. The Hall–Kier alpha value is -2.44. The SMILES string of the molecule is CNC(=O)c1ccc(CN(C)Cn2c(=S)n(C)c3ccccc32)cc1. The predicted octanol–water partition coefficient (Wildman–Crippen LogP) is 3.16. The third-order valence-electron chi connectivity index (χ3n) is 4.33. The molecule has 0 spiro atoms. The summed E-state index contributed by atoms with van der Waals surface area (Å²) in [5.74, 6) is -0.0676. The molecule has 3 aromatic rings. The molecule has 1 amide bonds. The molecule has 1 N–H and O–H groups in total. The van der Waals surface area contributed by atoms with E-state index in [1.807, 2.05) is 48.0 Å². The first-order valence-corrected chi connectivity index (χ1v) is 8.56. The van der Waals surface area contributed by atoms with Crippen LogP contribution in [0.3, 0.4) is 0 Å². The lowest BCUT2D eigenvalue weighted by Crippen LogP contribution is -2.22. The zero-order valence-electron chi connectivity index (χ0n) is 14.7. The first-order chi connectivity index (χ1) is 12.0. The molecule has 25 heavy (non-hydrogen) atoms. The van der Waals surface area contributed by atoms with Gasteiger partial charge in [-0.3, -0.25) is 9.69 Å². The van der Waals surface area contributed by atoms with Gasteiger partial charge in [-0.15, -0.1) is 0 Å². The van der Waals surface area contributed by atoms with Crippen molar-refractivity contribution >= 4 is 29.2 Å². The fourth-order valence-electron chi connectivity index (χ4n) is 3.01. The van der Waals surface area contributed by atoms with Crippen molar-refractivity contribution in [3.63, 3.8) is 0 Å². The molecule has 2 aromatic carbocycles. The first-order valence-electron chi connectivity index (χ1n) is 8.15. The molecular formula is C19H22N4OS. The van der Waals surface area contributed by atoms with Crippen LogP contribution in [0, 0.1) is 4.77 Å². The van der Waals surface area contributed by atoms with Crippen LogP contribution >= 0.6 is 12.2 Å². The van der Waals surface area contributed by atoms with Crippen molar-refractivity contribution in [3.05, 3.63) is 64.4 Å². The second-order valence-corrected chi connectivity index (χ2v) is 6.56. The van der Waals surface area contributed by atoms with Gasteiger partial charge in [0.15, 0.2) is 4.77 Å². The third kappa shape index (κ3) is 3.50. The molecule has 0 saturated heterocycles. The van der Waals surface area contributed by atoms with E-state index < -0.39 is 0 Å². The minimum Gasteiger partial charge on any atom is -0.355 e. The van der Waals surface area contributed by atoms with E-state index in [1.165, 1.54) is 0 Å². The van der Waals surface area contributed by atoms with Crippen LogP contribution in [-0.2, 0) is 20.3 Å². The van der Waals surface area contributed by atoms with E-state index in [-0.39, 0.29) is 5.91 Å². The summed E-state index contributed by atoms with van der Waals surface area (Å²) in [6, 6.07) is 15.9. The molecule has 0 saturated carbocycles. The zero-order valence-corrected chi connectivity index (χ0v) is 15.5. The minimum atomic E-state index is -0.0676. The Morgan fingerprint density at radius 3 is 2.40 bits per heavy atom. The summed E-state index contributed by atoms with van der Waals surface area (Å²) in [6.45, 7) is 1.48. The number of nitrogens with one attached hydrogen (secondary N) is 1. The van der Waals surface area contributed by atoms with Crippen molar-refractivity contribution < 1.29 is 4.79 Å². The van der Waals surface area contributed by atoms with Gasteiger partial charge in [0.25, 0.3) is 5.91 Å². The number of rotatable bonds is 5. The van der Waals surface area contributed by atoms with E-state index in [1.54, 1.807) is 7.05 Å². The van der Waals surface area contributed by atoms with Crippen molar-refractivity contribution in [1.29, 1.82) is 0 Å². The summed E-state index contributed by atoms with van der Waals surface area (Å²) < 4.78 is 4.99. The lowest BCUT2D eigenvalue weighted by molar-refractivity contribution is 0.0963. The summed E-state index contributed by atoms with van der Waals surface area (Å²) in [5.41, 5.74) is 4.10. The molecule has 6 heteroatoms. The molecule has 130 valence electrons. The molecule has 0 aliphatic heterocycles. The molecule has 0 bridgehead atoms. The highest BCUT2D eigenvalue weighted by molar-refractivity contribution is 7.71. The number of para-hydroxylation sites is 2. The van der Waals surface area contributed by atoms with E-state index in [0.717, 1.165) is 27.9 Å². The second-order valence-electron chi connectivity index (χ2n) is 6.19. The molecular weight excluding hydrogens is 332 g/mol. The standard InChI is InChI=1S/C19H22N4OS/c1-20-18(24)15-10-8-14(9-11-15)12-21(2)13-23-17-7-5-4-6-16(17)22(3)19(23)25/h4-11H,12-13H2,1-3H3,(H,20,24). The molecule has 1 aromatic heterocycles. The van der Waals surface area contributed by atoms with Gasteiger partial charge in [0.1, 0.15) is 0 Å². The van der Waals surface area contributed by atoms with Crippen molar-refractivity contribution in [2.45, 2.75) is 13.2 Å². The smallest absolute Gasteiger partial charge is 0.251 e. The summed E-state index contributed by atoms with van der Waals surface area (Å²) in [4.78, 5) is 13.8. The highest BCUT2D eigenvalue weighted by atomic mass is 32.1. The summed E-state index contributed by atoms with van der Waals surface area (Å²) in [5, 5.41) is 2.63. The van der Waals surface area contributed by atoms with Crippen LogP contribution in [0.5, 0.6) is 0 Å². The molecule has 5 nitrogen and oxygen atoms in total. The fraction of sp³-hybridized carbons (Fsp3) is 0.263. The number of carbonyl (C=O) groups excluding carboxylic acids is 1. The number of benzene rings is 2. The number of nitrogens with zero attached hydrogens (tertiary/aromatic N) is 3. The van der Waals surface area contributed by atoms with Gasteiger partial charge in [-0.05, 0) is 49.1 Å². The van der Waals surface area contributed by atoms with Crippen LogP contribution in [0.25, 0.3) is 11.0 Å². The van der Waals surface area contributed by atoms with Gasteiger partial charge in [0.2, 0.25) is 0 Å². The average molecular weight is 354 g/mol. The van der Waals surface area contributed by atoms with Crippen LogP contribution in [0.15, 0.2) is 48.5 Å². The van der Waals surface area contributed by atoms with Crippen LogP contribution < -0.4 is 5.32 Å². The van der Waals surface area contributed by atoms with E-state index in [9.17, 15) is 4.79 Å². The van der Waals surface area contributed by atoms with E-state index in [0.29, 0.717) is 12.2 Å². The van der Waals surface area contributed by atoms with Gasteiger partial charge < -0.3 is 14.5 Å². The molecule has 0 atom stereocenters. The Kier molecular flexibility index (Phi) is 5.01. The van der Waals surface area contributed by atoms with Crippen LogP contribution in [0.2, 0.25) is 0 Å². The lowest BCUT2D eigenvalue weighted by atomic mass is 10.1. The van der Waals surface area contributed by atoms with Gasteiger partial charge in [-0.1, -0.05) is 24.3 Å². The number of aryl methyl sites for hydroxylation is 1. The Morgan fingerprint density at radius 1 is 1.12 bits per heavy atom. The van der Waals surface area contributed by atoms with Crippen molar-refractivity contribution in [2.24, 2.45) is 7.05 Å². The van der Waals surface area contributed by atoms with Crippen molar-refractivity contribution in [2.75, 3.05) is 14.1 Å². The highest BCUT2D eigenvalue weighted by Gasteiger charge is 2.10. The maximum atomic E-state index is 11.6. The van der Waals surface area contributed by atoms with E-state index in [2.05, 4.69) is 34.0 Å². The first kappa shape index (κ1) is 17.4.